The molecule has 50 heteroatoms. The Morgan fingerprint density at radius 1 is 0.0800 bits per heavy atom. The fraction of sp³-hybridized carbons (Fsp3) is 0. The Kier molecular flexibility index (Phi) is 2970. The van der Waals surface area contributed by atoms with Crippen molar-refractivity contribution in [3.05, 3.63) is 0 Å². The van der Waals surface area contributed by atoms with E-state index < -0.39 is 0 Å². The standard InChI is InChI=1S/8ClHO.34Na.34H/c8*1-2;;;;;;;;;;;;;;;;;;;;;;;;;;;;;;;;;;;;;;;;;;;;;;;;;;;;;;;;;;;;;;;;;;;;/h8*2H;;;;;;;;;;;;;;;;;;;;;;;;;;;;;;;;;;;;;;;;;;;;;;;;;;;;;;;;;;;;;;;;;;;;. The molecule has 0 aromatic carbocycles. The van der Waals surface area contributed by atoms with E-state index in [1.807, 2.05) is 0 Å². The molecule has 0 aromatic heterocycles. The first-order valence-electron chi connectivity index (χ1n) is 1.35. The van der Waals surface area contributed by atoms with Crippen LogP contribution in [0.3, 0.4) is 0 Å². The van der Waals surface area contributed by atoms with Crippen molar-refractivity contribution in [2.45, 2.75) is 0 Å². The molecule has 0 saturated heterocycles. The van der Waals surface area contributed by atoms with Crippen LogP contribution in [0.1, 0.15) is 0 Å². The molecule has 0 aromatic rings. The Labute approximate surface area is 1100 Å². The molecule has 0 radical (unpaired) electrons. The molecule has 0 spiro atoms. The molecule has 0 aliphatic rings. The van der Waals surface area contributed by atoms with Gasteiger partial charge < -0.3 is 0 Å². The maximum absolute atomic E-state index is 6.47. The Hall–Kier alpha value is 36.0. The molecule has 0 rings (SSSR count). The van der Waals surface area contributed by atoms with Crippen LogP contribution in [0.5, 0.6) is 0 Å². The van der Waals surface area contributed by atoms with Crippen LogP contribution in [0.4, 0.5) is 0 Å². The first-order chi connectivity index (χ1) is 8.00. The summed E-state index contributed by atoms with van der Waals surface area (Å²) in [6, 6.07) is 0. The molecule has 8 N–H and O–H groups in total. The Morgan fingerprint density at radius 2 is 0.0800 bits per heavy atom. The van der Waals surface area contributed by atoms with Crippen molar-refractivity contribution in [2.24, 2.45) is 0 Å². The van der Waals surface area contributed by atoms with E-state index in [1.54, 1.807) is 0 Å². The number of hydrogen-bond donors (Lipinski definition) is 8. The zero-order valence-corrected chi connectivity index (χ0v) is 12.6. The minimum atomic E-state index is 0. The summed E-state index contributed by atoms with van der Waals surface area (Å²) < 4.78 is 51.8. The number of halogens is 8. The first kappa shape index (κ1) is 321. The third-order valence-electron chi connectivity index (χ3n) is 0. The van der Waals surface area contributed by atoms with Gasteiger partial charge in [0.25, 0.3) is 0 Å². The van der Waals surface area contributed by atoms with E-state index in [-0.39, 0.29) is 1000 Å². The van der Waals surface area contributed by atoms with Gasteiger partial charge in [-0.1, -0.05) is 0 Å². The molecule has 0 aliphatic heterocycles. The Morgan fingerprint density at radius 3 is 0.0800 bits per heavy atom. The van der Waals surface area contributed by atoms with Crippen LogP contribution in [0.25, 0.3) is 0 Å². The van der Waals surface area contributed by atoms with Crippen molar-refractivity contribution < 1.29 is 37.3 Å². The normalized spacial score (nSPS) is 0.960. The third-order valence-corrected chi connectivity index (χ3v) is 0. The topological polar surface area (TPSA) is 162 Å². The van der Waals surface area contributed by atoms with Gasteiger partial charge in [0.2, 0.25) is 0 Å². The molecular weight excluding hydrogens is 1190 g/mol. The molecule has 0 unspecified atom stereocenters. The van der Waals surface area contributed by atoms with Gasteiger partial charge in [0, 0.05) is 0 Å². The fourth-order valence-corrected chi connectivity index (χ4v) is 0. The van der Waals surface area contributed by atoms with Gasteiger partial charge in [0.1, 0.15) is 0 Å². The zero-order valence-electron chi connectivity index (χ0n) is 6.60. The van der Waals surface area contributed by atoms with E-state index in [0.717, 1.165) is 0 Å². The molecule has 0 heterocycles. The summed E-state index contributed by atoms with van der Waals surface area (Å²) >= 11 is 29.1. The average molecular weight is 1240 g/mol. The van der Waals surface area contributed by atoms with Crippen LogP contribution in [-0.2, 0) is 0 Å². The summed E-state index contributed by atoms with van der Waals surface area (Å²) in [5.74, 6) is 0. The zero-order chi connectivity index (χ0) is 16.0. The van der Waals surface area contributed by atoms with Crippen molar-refractivity contribution >= 4 is 1100 Å². The molecule has 0 aliphatic carbocycles. The van der Waals surface area contributed by atoms with E-state index in [2.05, 4.69) is 94.9 Å². The van der Waals surface area contributed by atoms with E-state index >= 15 is 0 Å². The molecule has 50 heavy (non-hydrogen) atoms. The van der Waals surface area contributed by atoms with Gasteiger partial charge in [-0.25, -0.2) is 0 Å². The average Bonchev–Trinajstić information content (AvgIpc) is 2.54. The predicted molar refractivity (Wildman–Crippen MR) is 308 cm³/mol. The second kappa shape index (κ2) is 463. The summed E-state index contributed by atoms with van der Waals surface area (Å²) in [6.45, 7) is 0. The van der Waals surface area contributed by atoms with Crippen LogP contribution in [-0.4, -0.2) is 1040 Å². The third kappa shape index (κ3) is 447. The van der Waals surface area contributed by atoms with Gasteiger partial charge in [-0.05, 0) is 0 Å². The Bertz CT molecular complexity index is 61.2. The molecule has 0 saturated carbocycles. The van der Waals surface area contributed by atoms with E-state index in [0.29, 0.717) is 0 Å². The van der Waals surface area contributed by atoms with Gasteiger partial charge >= 0.3 is 1000 Å². The van der Waals surface area contributed by atoms with Gasteiger partial charge in [-0.3, -0.25) is 37.3 Å². The minimum absolute atomic E-state index is 0. The second-order valence-electron chi connectivity index (χ2n) is 0. The molecule has 180 valence electrons. The van der Waals surface area contributed by atoms with Crippen LogP contribution in [0.15, 0.2) is 0 Å². The van der Waals surface area contributed by atoms with Gasteiger partial charge in [-0.15, -0.1) is 0 Å². The molecule has 0 fully saturated rings. The van der Waals surface area contributed by atoms with Crippen LogP contribution < -0.4 is 0 Å². The maximum atomic E-state index is 6.47. The van der Waals surface area contributed by atoms with Gasteiger partial charge in [0.15, 0.2) is 0 Å². The van der Waals surface area contributed by atoms with E-state index in [1.165, 1.54) is 0 Å². The number of hydrogen-bond acceptors (Lipinski definition) is 8. The van der Waals surface area contributed by atoms with Crippen molar-refractivity contribution in [1.82, 2.24) is 0 Å². The Balaban J connectivity index is -0.000000000333. The first-order valence-corrected chi connectivity index (χ1v) is 4.06. The molecule has 0 amide bonds. The van der Waals surface area contributed by atoms with E-state index in [4.69, 9.17) is 37.3 Å². The molecule has 8 nitrogen and oxygen atoms in total. The molecule has 0 atom stereocenters. The van der Waals surface area contributed by atoms with Crippen molar-refractivity contribution in [1.29, 1.82) is 0 Å². The second-order valence-corrected chi connectivity index (χ2v) is 0. The summed E-state index contributed by atoms with van der Waals surface area (Å²) in [6.07, 6.45) is 0. The van der Waals surface area contributed by atoms with Crippen LogP contribution >= 0.6 is 94.9 Å². The van der Waals surface area contributed by atoms with E-state index in [9.17, 15) is 0 Å². The van der Waals surface area contributed by atoms with Crippen LogP contribution in [0, 0.1) is 0 Å². The summed E-state index contributed by atoms with van der Waals surface area (Å²) in [7, 11) is 0. The van der Waals surface area contributed by atoms with Crippen molar-refractivity contribution in [3.8, 4) is 0 Å². The quantitative estimate of drug-likeness (QED) is 0.111. The predicted octanol–water partition coefficient (Wildman–Crippen LogP) is -21.0. The van der Waals surface area contributed by atoms with Crippen molar-refractivity contribution in [3.63, 3.8) is 0 Å². The SMILES string of the molecule is OCl.OCl.OCl.OCl.OCl.OCl.OCl.OCl.[NaH].[NaH].[NaH].[NaH].[NaH].[NaH].[NaH].[NaH].[NaH].[NaH].[NaH].[NaH].[NaH].[NaH].[NaH].[NaH].[NaH].[NaH].[NaH].[NaH].[NaH].[NaH].[NaH].[NaH].[NaH].[NaH].[NaH].[NaH].[NaH].[NaH].[NaH].[NaH].[NaH].[NaH]. The summed E-state index contributed by atoms with van der Waals surface area (Å²) in [5, 5.41) is 0. The van der Waals surface area contributed by atoms with Crippen molar-refractivity contribution in [2.75, 3.05) is 0 Å². The molecular formula is H42Cl8Na34O8. The summed E-state index contributed by atoms with van der Waals surface area (Å²) in [5.41, 5.74) is 0. The number of rotatable bonds is 0. The monoisotopic (exact) mass is 1230 g/mol. The van der Waals surface area contributed by atoms with Gasteiger partial charge in [-0.2, -0.15) is 0 Å². The van der Waals surface area contributed by atoms with Crippen LogP contribution in [0.2, 0.25) is 0 Å². The van der Waals surface area contributed by atoms with Gasteiger partial charge in [0.05, 0.1) is 94.9 Å². The summed E-state index contributed by atoms with van der Waals surface area (Å²) in [4.78, 5) is 0. The fourth-order valence-electron chi connectivity index (χ4n) is 0. The molecule has 0 bridgehead atoms.